The molecule has 2 rings (SSSR count). The molecule has 0 aliphatic rings. The van der Waals surface area contributed by atoms with Crippen molar-refractivity contribution in [3.05, 3.63) is 12.2 Å². The fourth-order valence-electron chi connectivity index (χ4n) is 1.67. The molecule has 5 nitrogen and oxygen atoms in total. The fraction of sp³-hybridized carbons (Fsp3) is 0.545. The van der Waals surface area contributed by atoms with Crippen LogP contribution in [0.25, 0.3) is 11.2 Å². The van der Waals surface area contributed by atoms with E-state index in [2.05, 4.69) is 40.3 Å². The zero-order chi connectivity index (χ0) is 11.9. The third-order valence-corrected chi connectivity index (χ3v) is 2.96. The molecule has 0 saturated heterocycles. The van der Waals surface area contributed by atoms with Gasteiger partial charge in [0.25, 0.3) is 0 Å². The number of aromatic nitrogens is 4. The Kier molecular flexibility index (Phi) is 2.53. The van der Waals surface area contributed by atoms with Crippen LogP contribution < -0.4 is 5.73 Å². The molecule has 0 amide bonds. The molecule has 2 aromatic heterocycles. The van der Waals surface area contributed by atoms with Gasteiger partial charge in [0.2, 0.25) is 0 Å². The predicted molar refractivity (Wildman–Crippen MR) is 64.0 cm³/mol. The largest absolute Gasteiger partial charge is 0.382 e. The number of aryl methyl sites for hydroxylation is 1. The molecular weight excluding hydrogens is 202 g/mol. The van der Waals surface area contributed by atoms with Crippen molar-refractivity contribution in [1.82, 2.24) is 19.5 Å². The highest BCUT2D eigenvalue weighted by atomic mass is 15.2. The van der Waals surface area contributed by atoms with Gasteiger partial charge in [-0.25, -0.2) is 15.0 Å². The molecule has 0 fully saturated rings. The van der Waals surface area contributed by atoms with Crippen LogP contribution in [0, 0.1) is 12.8 Å². The number of nitrogen functional groups attached to an aromatic ring is 1. The van der Waals surface area contributed by atoms with Crippen LogP contribution in [0.4, 0.5) is 5.82 Å². The summed E-state index contributed by atoms with van der Waals surface area (Å²) in [5, 5.41) is 0. The van der Waals surface area contributed by atoms with Crippen LogP contribution in [0.1, 0.15) is 32.6 Å². The van der Waals surface area contributed by atoms with E-state index in [1.165, 1.54) is 0 Å². The maximum Gasteiger partial charge on any atom is 0.166 e. The van der Waals surface area contributed by atoms with Gasteiger partial charge in [-0.15, -0.1) is 0 Å². The Bertz CT molecular complexity index is 514. The molecule has 2 aromatic rings. The Morgan fingerprint density at radius 3 is 2.56 bits per heavy atom. The van der Waals surface area contributed by atoms with Gasteiger partial charge in [-0.05, 0) is 19.8 Å². The minimum atomic E-state index is 0.346. The third kappa shape index (κ3) is 1.62. The molecule has 16 heavy (non-hydrogen) atoms. The molecule has 86 valence electrons. The average Bonchev–Trinajstić information content (AvgIpc) is 2.60. The van der Waals surface area contributed by atoms with E-state index < -0.39 is 0 Å². The van der Waals surface area contributed by atoms with Crippen LogP contribution in [0.5, 0.6) is 0 Å². The predicted octanol–water partition coefficient (Wildman–Crippen LogP) is 1.93. The summed E-state index contributed by atoms with van der Waals surface area (Å²) in [6.45, 7) is 8.34. The number of rotatable bonds is 2. The molecular formula is C11H17N5. The Balaban J connectivity index is 2.64. The molecule has 0 aliphatic heterocycles. The number of fused-ring (bicyclic) bond motifs is 1. The zero-order valence-corrected chi connectivity index (χ0v) is 10.1. The van der Waals surface area contributed by atoms with E-state index in [9.17, 15) is 0 Å². The zero-order valence-electron chi connectivity index (χ0n) is 10.1. The van der Waals surface area contributed by atoms with E-state index in [1.54, 1.807) is 6.33 Å². The monoisotopic (exact) mass is 219 g/mol. The summed E-state index contributed by atoms with van der Waals surface area (Å²) >= 11 is 0. The summed E-state index contributed by atoms with van der Waals surface area (Å²) in [5.41, 5.74) is 7.34. The molecule has 0 saturated carbocycles. The highest BCUT2D eigenvalue weighted by Gasteiger charge is 2.15. The van der Waals surface area contributed by atoms with E-state index >= 15 is 0 Å². The van der Waals surface area contributed by atoms with Crippen LogP contribution in [0.15, 0.2) is 6.33 Å². The molecule has 0 spiro atoms. The van der Waals surface area contributed by atoms with Crippen molar-refractivity contribution < 1.29 is 0 Å². The van der Waals surface area contributed by atoms with Crippen molar-refractivity contribution in [3.63, 3.8) is 0 Å². The van der Waals surface area contributed by atoms with Crippen molar-refractivity contribution in [1.29, 1.82) is 0 Å². The van der Waals surface area contributed by atoms with Crippen molar-refractivity contribution >= 4 is 17.0 Å². The van der Waals surface area contributed by atoms with Gasteiger partial charge in [0.05, 0.1) is 6.33 Å². The van der Waals surface area contributed by atoms with Crippen molar-refractivity contribution in [2.45, 2.75) is 33.7 Å². The maximum absolute atomic E-state index is 5.82. The van der Waals surface area contributed by atoms with Crippen LogP contribution in [0.3, 0.4) is 0 Å². The standard InChI is InChI=1S/C11H17N5/c1-6(2)7(3)16-5-13-9-10(12)14-8(4)15-11(9)16/h5-7H,1-4H3,(H2,12,14,15)/t7-/m1/s1. The third-order valence-electron chi connectivity index (χ3n) is 2.96. The minimum absolute atomic E-state index is 0.346. The van der Waals surface area contributed by atoms with Gasteiger partial charge in [-0.1, -0.05) is 13.8 Å². The van der Waals surface area contributed by atoms with E-state index in [0.717, 1.165) is 5.65 Å². The van der Waals surface area contributed by atoms with Gasteiger partial charge < -0.3 is 10.3 Å². The highest BCUT2D eigenvalue weighted by molar-refractivity contribution is 5.81. The number of hydrogen-bond acceptors (Lipinski definition) is 4. The number of imidazole rings is 1. The number of anilines is 1. The average molecular weight is 219 g/mol. The van der Waals surface area contributed by atoms with Gasteiger partial charge >= 0.3 is 0 Å². The molecule has 0 radical (unpaired) electrons. The van der Waals surface area contributed by atoms with Gasteiger partial charge in [-0.2, -0.15) is 0 Å². The number of nitrogens with two attached hydrogens (primary N) is 1. The van der Waals surface area contributed by atoms with Gasteiger partial charge in [-0.3, -0.25) is 0 Å². The Morgan fingerprint density at radius 1 is 1.25 bits per heavy atom. The first-order chi connectivity index (χ1) is 7.50. The van der Waals surface area contributed by atoms with Gasteiger partial charge in [0.1, 0.15) is 11.3 Å². The second kappa shape index (κ2) is 3.73. The minimum Gasteiger partial charge on any atom is -0.382 e. The van der Waals surface area contributed by atoms with Crippen LogP contribution in [0.2, 0.25) is 0 Å². The second-order valence-corrected chi connectivity index (χ2v) is 4.46. The summed E-state index contributed by atoms with van der Waals surface area (Å²) in [6, 6.07) is 0.346. The summed E-state index contributed by atoms with van der Waals surface area (Å²) in [5.74, 6) is 1.66. The SMILES string of the molecule is Cc1nc(N)c2ncn([C@H](C)C(C)C)c2n1. The summed E-state index contributed by atoms with van der Waals surface area (Å²) < 4.78 is 2.06. The van der Waals surface area contributed by atoms with E-state index in [0.29, 0.717) is 29.1 Å². The summed E-state index contributed by atoms with van der Waals surface area (Å²) in [4.78, 5) is 12.8. The normalized spacial score (nSPS) is 13.6. The molecule has 2 N–H and O–H groups in total. The molecule has 2 heterocycles. The molecule has 0 aromatic carbocycles. The fourth-order valence-corrected chi connectivity index (χ4v) is 1.67. The molecule has 0 unspecified atom stereocenters. The lowest BCUT2D eigenvalue weighted by atomic mass is 10.1. The van der Waals surface area contributed by atoms with E-state index in [-0.39, 0.29) is 0 Å². The second-order valence-electron chi connectivity index (χ2n) is 4.46. The van der Waals surface area contributed by atoms with E-state index in [4.69, 9.17) is 5.73 Å². The quantitative estimate of drug-likeness (QED) is 0.837. The Hall–Kier alpha value is -1.65. The summed E-state index contributed by atoms with van der Waals surface area (Å²) in [6.07, 6.45) is 1.79. The molecule has 0 aliphatic carbocycles. The first-order valence-corrected chi connectivity index (χ1v) is 5.47. The first kappa shape index (κ1) is 10.9. The Morgan fingerprint density at radius 2 is 1.94 bits per heavy atom. The first-order valence-electron chi connectivity index (χ1n) is 5.47. The molecule has 0 bridgehead atoms. The lowest BCUT2D eigenvalue weighted by Gasteiger charge is -2.17. The number of hydrogen-bond donors (Lipinski definition) is 1. The molecule has 5 heteroatoms. The van der Waals surface area contributed by atoms with Crippen molar-refractivity contribution in [2.24, 2.45) is 5.92 Å². The summed E-state index contributed by atoms with van der Waals surface area (Å²) in [7, 11) is 0. The maximum atomic E-state index is 5.82. The van der Waals surface area contributed by atoms with Crippen molar-refractivity contribution in [2.75, 3.05) is 5.73 Å². The van der Waals surface area contributed by atoms with Crippen molar-refractivity contribution in [3.8, 4) is 0 Å². The van der Waals surface area contributed by atoms with Crippen LogP contribution in [-0.2, 0) is 0 Å². The lowest BCUT2D eigenvalue weighted by Crippen LogP contribution is -2.11. The van der Waals surface area contributed by atoms with Gasteiger partial charge in [0, 0.05) is 6.04 Å². The topological polar surface area (TPSA) is 69.6 Å². The van der Waals surface area contributed by atoms with E-state index in [1.807, 2.05) is 6.92 Å². The smallest absolute Gasteiger partial charge is 0.166 e. The highest BCUT2D eigenvalue weighted by Crippen LogP contribution is 2.23. The van der Waals surface area contributed by atoms with Crippen LogP contribution >= 0.6 is 0 Å². The molecule has 1 atom stereocenters. The lowest BCUT2D eigenvalue weighted by molar-refractivity contribution is 0.414. The van der Waals surface area contributed by atoms with Crippen LogP contribution in [-0.4, -0.2) is 19.5 Å². The van der Waals surface area contributed by atoms with Gasteiger partial charge in [0.15, 0.2) is 11.5 Å². The Labute approximate surface area is 94.7 Å². The number of nitrogens with zero attached hydrogens (tertiary/aromatic N) is 4.